The number of aliphatic hydroxyl groups excluding tert-OH is 2. The Morgan fingerprint density at radius 1 is 0.490 bits per heavy atom. The van der Waals surface area contributed by atoms with Crippen LogP contribution in [-0.2, 0) is 125 Å². The van der Waals surface area contributed by atoms with Crippen molar-refractivity contribution in [3.05, 3.63) is 102 Å². The Balaban J connectivity index is 1.14. The van der Waals surface area contributed by atoms with E-state index in [1.807, 2.05) is 0 Å². The molecule has 3 aliphatic heterocycles. The molecule has 3 aromatic rings. The molecular formula is C96H142N22O27S2. The minimum Gasteiger partial charge on any atom is -0.508 e. The Hall–Kier alpha value is -13.7. The third-order valence-electron chi connectivity index (χ3n) is 24.8. The number of aromatic hydroxyl groups is 1. The molecule has 51 heteroatoms. The molecule has 3 aromatic carbocycles. The van der Waals surface area contributed by atoms with Crippen molar-refractivity contribution in [3.63, 3.8) is 0 Å². The van der Waals surface area contributed by atoms with Gasteiger partial charge in [0.2, 0.25) is 118 Å². The van der Waals surface area contributed by atoms with Gasteiger partial charge in [0.1, 0.15) is 103 Å². The van der Waals surface area contributed by atoms with E-state index in [1.165, 1.54) is 43.0 Å². The molecule has 49 nitrogen and oxygen atoms in total. The summed E-state index contributed by atoms with van der Waals surface area (Å²) < 4.78 is 0. The van der Waals surface area contributed by atoms with E-state index >= 15 is 9.59 Å². The number of benzene rings is 3. The first-order valence-electron chi connectivity index (χ1n) is 48.9. The summed E-state index contributed by atoms with van der Waals surface area (Å²) in [4.78, 5) is 307. The van der Waals surface area contributed by atoms with Crippen LogP contribution < -0.4 is 107 Å². The van der Waals surface area contributed by atoms with Gasteiger partial charge in [-0.3, -0.25) is 105 Å². The zero-order valence-electron chi connectivity index (χ0n) is 84.0. The van der Waals surface area contributed by atoms with Crippen molar-refractivity contribution in [1.82, 2.24) is 106 Å². The molecule has 0 spiro atoms. The van der Waals surface area contributed by atoms with Gasteiger partial charge in [-0.2, -0.15) is 0 Å². The number of hydrogen-bond acceptors (Lipinski definition) is 29. The van der Waals surface area contributed by atoms with Gasteiger partial charge >= 0.3 is 11.9 Å². The number of unbranched alkanes of at least 4 members (excludes halogenated alkanes) is 1. The van der Waals surface area contributed by atoms with E-state index in [0.29, 0.717) is 29.5 Å². The zero-order valence-corrected chi connectivity index (χ0v) is 85.6. The number of carbonyl (C=O) groups excluding carboxylic acids is 20. The predicted molar refractivity (Wildman–Crippen MR) is 535 cm³/mol. The van der Waals surface area contributed by atoms with Gasteiger partial charge < -0.3 is 143 Å². The highest BCUT2D eigenvalue weighted by molar-refractivity contribution is 8.76. The molecule has 0 unspecified atom stereocenters. The number of aliphatic hydroxyl groups is 2. The molecule has 0 bridgehead atoms. The summed E-state index contributed by atoms with van der Waals surface area (Å²) in [5, 5.41) is 95.6. The standard InChI is InChI=1S/C96H142N22O27S2/c1-11-52(7)78(93(142)102-45-73(125)113-80(55(10)120)96(145)118-38-22-29-69(118)91(140)116-79(53(8)12-2)94(143)110-66(47-119)88(137)108-63(39-56-23-15-13-16-24-56)85(134)106-62(34-35-74(126)127)83(132)103-46-75(128)129)112-72(124)44-101-92(141)76(50(3)4)114-87(136)65(40-57-25-17-14-18-26-57)107-86(135)64(41-58-30-32-59(121)33-31-58)109-89(138)67-49-147-146-48-60(98)82(131)100-42-70(122)104-54(9)81(130)99-43-71(123)105-61(27-19-20-36-97)84(133)115-77(51(5)6)95(144)117-37-21-28-68(117)90(139)111-67/h13-18,23-26,30-33,50-55,60-69,76-80,119-121H,11-12,19-22,27-29,34-49,97-98H2,1-10H3,(H,99,130)(H,100,131)(H,101,141)(H,102,142)(H,103,132)(H,104,122)(H,105,123)(H,106,134)(H,107,135)(H,108,137)(H,109,138)(H,110,143)(H,111,139)(H,112,124)(H,113,125)(H,114,136)(H,115,133)(H,116,140)(H,126,127)(H,128,129)/t52-,53-,54-,55+,60-,61-,62-,63-,64-,65-,66-,67-,68-,69-,76-,77-,78-,79-,80-/m0/s1. The van der Waals surface area contributed by atoms with Crippen LogP contribution in [0.15, 0.2) is 84.9 Å². The summed E-state index contributed by atoms with van der Waals surface area (Å²) >= 11 is 0. The minimum atomic E-state index is -1.81. The molecule has 147 heavy (non-hydrogen) atoms. The monoisotopic (exact) mass is 2100 g/mol. The lowest BCUT2D eigenvalue weighted by Gasteiger charge is -2.32. The number of likely N-dealkylation sites (tertiary alicyclic amines) is 1. The number of hydrogen-bond donors (Lipinski definition) is 25. The number of nitrogens with two attached hydrogens (primary N) is 2. The van der Waals surface area contributed by atoms with Gasteiger partial charge in [0, 0.05) is 50.3 Å². The van der Waals surface area contributed by atoms with Crippen LogP contribution in [0.25, 0.3) is 0 Å². The number of aliphatic carboxylic acids is 2. The summed E-state index contributed by atoms with van der Waals surface area (Å²) in [6.45, 7) is 10.8. The van der Waals surface area contributed by atoms with Gasteiger partial charge in [0.05, 0.1) is 44.9 Å². The molecule has 19 atom stereocenters. The second kappa shape index (κ2) is 61.7. The first kappa shape index (κ1) is 122. The lowest BCUT2D eigenvalue weighted by atomic mass is 9.97. The first-order valence-corrected chi connectivity index (χ1v) is 51.4. The highest BCUT2D eigenvalue weighted by atomic mass is 33.1. The Bertz CT molecular complexity index is 5050. The number of carbonyl (C=O) groups is 22. The molecule has 0 aromatic heterocycles. The van der Waals surface area contributed by atoms with Crippen molar-refractivity contribution in [3.8, 4) is 5.75 Å². The van der Waals surface area contributed by atoms with Crippen LogP contribution >= 0.6 is 21.6 Å². The van der Waals surface area contributed by atoms with E-state index in [9.17, 15) is 116 Å². The summed E-state index contributed by atoms with van der Waals surface area (Å²) in [5.74, 6) is -24.4. The third kappa shape index (κ3) is 40.3. The van der Waals surface area contributed by atoms with E-state index in [1.54, 1.807) is 116 Å². The molecule has 20 amide bonds. The maximum absolute atomic E-state index is 15.2. The number of rotatable bonds is 47. The summed E-state index contributed by atoms with van der Waals surface area (Å²) in [5.41, 5.74) is 13.3. The molecule has 3 heterocycles. The topological polar surface area (TPSA) is 752 Å². The van der Waals surface area contributed by atoms with Gasteiger partial charge in [-0.25, -0.2) is 0 Å². The fraction of sp³-hybridized carbons (Fsp3) is 0.583. The van der Waals surface area contributed by atoms with Crippen molar-refractivity contribution < 1.29 is 131 Å². The van der Waals surface area contributed by atoms with Crippen LogP contribution in [0.5, 0.6) is 5.75 Å². The number of phenolic OH excluding ortho intramolecular Hbond substituents is 1. The van der Waals surface area contributed by atoms with Crippen LogP contribution in [0.3, 0.4) is 0 Å². The predicted octanol–water partition coefficient (Wildman–Crippen LogP) is -6.12. The van der Waals surface area contributed by atoms with Gasteiger partial charge in [-0.1, -0.05) is 163 Å². The molecule has 3 fully saturated rings. The Labute approximate surface area is 858 Å². The smallest absolute Gasteiger partial charge is 0.322 e. The van der Waals surface area contributed by atoms with Crippen molar-refractivity contribution in [2.45, 2.75) is 262 Å². The van der Waals surface area contributed by atoms with Crippen molar-refractivity contribution in [2.75, 3.05) is 70.5 Å². The number of phenols is 1. The lowest BCUT2D eigenvalue weighted by Crippen LogP contribution is -2.62. The highest BCUT2D eigenvalue weighted by Crippen LogP contribution is 2.27. The van der Waals surface area contributed by atoms with Crippen molar-refractivity contribution in [2.24, 2.45) is 35.1 Å². The number of amides is 20. The lowest BCUT2D eigenvalue weighted by molar-refractivity contribution is -0.144. The largest absolute Gasteiger partial charge is 0.508 e. The Kier molecular flexibility index (Phi) is 51.2. The van der Waals surface area contributed by atoms with E-state index < -0.39 is 309 Å². The number of carboxylic acid groups (broad SMARTS) is 2. The second-order valence-electron chi connectivity index (χ2n) is 37.0. The zero-order chi connectivity index (χ0) is 109. The van der Waals surface area contributed by atoms with Gasteiger partial charge in [0.25, 0.3) is 0 Å². The van der Waals surface area contributed by atoms with E-state index in [4.69, 9.17) is 16.6 Å². The van der Waals surface area contributed by atoms with Gasteiger partial charge in [-0.05, 0) is 124 Å². The van der Waals surface area contributed by atoms with Crippen LogP contribution in [-0.4, -0.2) is 339 Å². The molecule has 3 aliphatic rings. The van der Waals surface area contributed by atoms with Crippen LogP contribution in [0.1, 0.15) is 157 Å². The summed E-state index contributed by atoms with van der Waals surface area (Å²) in [6.07, 6.45) is -1.69. The minimum absolute atomic E-state index is 0.0115. The number of carboxylic acids is 2. The first-order chi connectivity index (χ1) is 69.7. The van der Waals surface area contributed by atoms with Crippen molar-refractivity contribution in [1.29, 1.82) is 0 Å². The quantitative estimate of drug-likeness (QED) is 0.0185. The maximum atomic E-state index is 15.2. The van der Waals surface area contributed by atoms with E-state index in [2.05, 4.69) is 95.7 Å². The molecular weight excluding hydrogens is 1960 g/mol. The summed E-state index contributed by atoms with van der Waals surface area (Å²) in [6, 6.07) is -1.47. The van der Waals surface area contributed by atoms with Crippen molar-refractivity contribution >= 4 is 152 Å². The normalized spacial score (nSPS) is 20.3. The van der Waals surface area contributed by atoms with Crippen LogP contribution in [0.4, 0.5) is 0 Å². The average molecular weight is 2100 g/mol. The number of nitrogens with one attached hydrogen (secondary N) is 18. The van der Waals surface area contributed by atoms with E-state index in [-0.39, 0.29) is 101 Å². The van der Waals surface area contributed by atoms with Gasteiger partial charge in [0.15, 0.2) is 0 Å². The molecule has 0 aliphatic carbocycles. The Morgan fingerprint density at radius 2 is 0.986 bits per heavy atom. The maximum Gasteiger partial charge on any atom is 0.322 e. The molecule has 6 rings (SSSR count). The number of fused-ring (bicyclic) bond motifs is 1. The number of nitrogens with zero attached hydrogens (tertiary/aromatic N) is 2. The fourth-order valence-electron chi connectivity index (χ4n) is 15.9. The second-order valence-corrected chi connectivity index (χ2v) is 39.6. The molecule has 810 valence electrons. The van der Waals surface area contributed by atoms with E-state index in [0.717, 1.165) is 26.5 Å². The molecule has 3 saturated heterocycles. The molecule has 0 saturated carbocycles. The molecule has 0 radical (unpaired) electrons. The van der Waals surface area contributed by atoms with Crippen LogP contribution in [0.2, 0.25) is 0 Å². The molecule has 27 N–H and O–H groups in total. The highest BCUT2D eigenvalue weighted by Gasteiger charge is 2.45. The van der Waals surface area contributed by atoms with Gasteiger partial charge in [-0.15, -0.1) is 0 Å². The third-order valence-corrected chi connectivity index (χ3v) is 27.2. The van der Waals surface area contributed by atoms with Crippen LogP contribution in [0, 0.1) is 23.7 Å². The SMILES string of the molecule is CC[C@H](C)[C@H](NC(=O)CNC(=O)[C@@H](NC(=O)[C@H](Cc1ccccc1)NC(=O)[C@H](Cc1ccc(O)cc1)NC(=O)[C@@H]1CSSC[C@H](N)C(=O)NCC(=O)N[C@@H](C)C(=O)NCC(=O)N[C@@H](CCCCN)C(=O)N[C@@H](C(C)C)C(=O)N2CCC[C@H]2C(=O)N1)C(C)C)C(=O)NCC(=O)N[C@H](C(=O)N1CCC[C@H]1C(=O)N[C@H](C(=O)N[C@@H](CO)C(=O)N[C@@H](Cc1ccccc1)C(=O)N[C@@H](CCC(=O)O)C(=O)NCC(=O)O)[C@@H](C)CC)[C@@H](C)O. The summed E-state index contributed by atoms with van der Waals surface area (Å²) in [7, 11) is 1.95. The fourth-order valence-corrected chi connectivity index (χ4v) is 18.2. The Morgan fingerprint density at radius 3 is 1.52 bits per heavy atom. The average Bonchev–Trinajstić information content (AvgIpc) is 1.71.